The lowest BCUT2D eigenvalue weighted by Crippen LogP contribution is -2.06. The van der Waals surface area contributed by atoms with Crippen molar-refractivity contribution in [1.29, 1.82) is 0 Å². The fraction of sp³-hybridized carbons (Fsp3) is 0.308. The minimum atomic E-state index is -0.423. The van der Waals surface area contributed by atoms with Crippen molar-refractivity contribution in [3.63, 3.8) is 0 Å². The van der Waals surface area contributed by atoms with Crippen molar-refractivity contribution < 1.29 is 19.1 Å². The van der Waals surface area contributed by atoms with Crippen LogP contribution in [0, 0.1) is 6.57 Å². The molecule has 0 radical (unpaired) electrons. The molecule has 0 aliphatic heterocycles. The summed E-state index contributed by atoms with van der Waals surface area (Å²) in [7, 11) is 2.72. The van der Waals surface area contributed by atoms with Gasteiger partial charge in [-0.2, -0.15) is 0 Å². The zero-order valence-electron chi connectivity index (χ0n) is 10.2. The van der Waals surface area contributed by atoms with E-state index < -0.39 is 5.97 Å². The molecule has 0 spiro atoms. The molecular formula is C13H13NO4. The Morgan fingerprint density at radius 3 is 2.56 bits per heavy atom. The van der Waals surface area contributed by atoms with Crippen LogP contribution in [0.3, 0.4) is 0 Å². The molecular weight excluding hydrogens is 233 g/mol. The molecule has 1 rings (SSSR count). The van der Waals surface area contributed by atoms with Gasteiger partial charge in [0, 0.05) is 12.0 Å². The Morgan fingerprint density at radius 1 is 1.28 bits per heavy atom. The highest BCUT2D eigenvalue weighted by Crippen LogP contribution is 2.28. The van der Waals surface area contributed by atoms with Crippen LogP contribution in [-0.2, 0) is 9.53 Å². The number of carbonyl (C=O) groups excluding carboxylic acids is 2. The number of Topliss-reactive ketones (excluding diaryl/α,β-unsaturated/α-hetero) is 1. The van der Waals surface area contributed by atoms with Crippen LogP contribution in [0.25, 0.3) is 4.85 Å². The van der Waals surface area contributed by atoms with Crippen molar-refractivity contribution in [2.45, 2.75) is 12.8 Å². The largest absolute Gasteiger partial charge is 0.508 e. The number of hydrogen-bond donors (Lipinski definition) is 0. The summed E-state index contributed by atoms with van der Waals surface area (Å²) in [5.41, 5.74) is 0.769. The molecule has 0 saturated heterocycles. The van der Waals surface area contributed by atoms with Crippen LogP contribution in [0.4, 0.5) is 5.69 Å². The Hall–Kier alpha value is -2.35. The number of benzene rings is 1. The normalized spacial score (nSPS) is 9.39. The van der Waals surface area contributed by atoms with E-state index in [-0.39, 0.29) is 18.6 Å². The Kier molecular flexibility index (Phi) is 4.88. The first-order valence-corrected chi connectivity index (χ1v) is 5.28. The molecule has 0 N–H and O–H groups in total. The predicted octanol–water partition coefficient (Wildman–Crippen LogP) is 2.38. The molecule has 0 heterocycles. The molecule has 18 heavy (non-hydrogen) atoms. The standard InChI is InChI=1S/C13H13NO4/c1-14-10-5-4-9(8-12(10)17-2)11(15)6-7-13(16)18-3/h4-5,8H,6-7H2,2-3H3/i1-1. The first-order chi connectivity index (χ1) is 8.62. The van der Waals surface area contributed by atoms with Gasteiger partial charge in [0.15, 0.2) is 5.78 Å². The molecule has 0 bridgehead atoms. The van der Waals surface area contributed by atoms with Crippen molar-refractivity contribution in [3.05, 3.63) is 35.2 Å². The highest BCUT2D eigenvalue weighted by atomic mass is 16.5. The van der Waals surface area contributed by atoms with Crippen LogP contribution in [0.1, 0.15) is 23.2 Å². The van der Waals surface area contributed by atoms with Crippen LogP contribution < -0.4 is 4.74 Å². The predicted molar refractivity (Wildman–Crippen MR) is 64.8 cm³/mol. The third kappa shape index (κ3) is 3.32. The summed E-state index contributed by atoms with van der Waals surface area (Å²) in [5, 5.41) is 0. The van der Waals surface area contributed by atoms with Crippen molar-refractivity contribution in [2.75, 3.05) is 14.2 Å². The van der Waals surface area contributed by atoms with Gasteiger partial charge in [0.05, 0.1) is 27.2 Å². The minimum absolute atomic E-state index is 0.0439. The molecule has 1 aromatic carbocycles. The minimum Gasteiger partial charge on any atom is -0.508 e. The lowest BCUT2D eigenvalue weighted by Gasteiger charge is -2.05. The quantitative estimate of drug-likeness (QED) is 0.454. The van der Waals surface area contributed by atoms with Gasteiger partial charge in [0.2, 0.25) is 5.69 Å². The fourth-order valence-corrected chi connectivity index (χ4v) is 1.41. The Balaban J connectivity index is 2.81. The monoisotopic (exact) mass is 246 g/mol. The molecule has 0 aliphatic rings. The summed E-state index contributed by atoms with van der Waals surface area (Å²) in [5.74, 6) is -0.253. The molecule has 94 valence electrons. The lowest BCUT2D eigenvalue weighted by atomic mass is 10.1. The topological polar surface area (TPSA) is 57.0 Å². The molecule has 5 heteroatoms. The summed E-state index contributed by atoms with van der Waals surface area (Å²) in [6.07, 6.45) is 0.120. The van der Waals surface area contributed by atoms with E-state index in [1.54, 1.807) is 6.07 Å². The van der Waals surface area contributed by atoms with E-state index in [2.05, 4.69) is 9.58 Å². The van der Waals surface area contributed by atoms with Crippen LogP contribution >= 0.6 is 0 Å². The number of rotatable bonds is 5. The summed E-state index contributed by atoms with van der Waals surface area (Å²) in [6.45, 7) is 6.93. The van der Waals surface area contributed by atoms with Crippen molar-refractivity contribution >= 4 is 17.4 Å². The highest BCUT2D eigenvalue weighted by molar-refractivity contribution is 5.98. The SMILES string of the molecule is COC(=O)CCC(=O)c1ccc([N+]#[11C-])c(OC)c1. The summed E-state index contributed by atoms with van der Waals surface area (Å²) >= 11 is 0. The number of ether oxygens (including phenoxy) is 2. The second-order valence-corrected chi connectivity index (χ2v) is 3.50. The smallest absolute Gasteiger partial charge is 0.305 e. The second-order valence-electron chi connectivity index (χ2n) is 3.50. The Labute approximate surface area is 105 Å². The van der Waals surface area contributed by atoms with Gasteiger partial charge in [-0.3, -0.25) is 9.59 Å². The van der Waals surface area contributed by atoms with Crippen molar-refractivity contribution in [2.24, 2.45) is 0 Å². The van der Waals surface area contributed by atoms with Gasteiger partial charge in [0.25, 0.3) is 0 Å². The van der Waals surface area contributed by atoms with Gasteiger partial charge in [-0.25, -0.2) is 4.85 Å². The Morgan fingerprint density at radius 2 is 2.00 bits per heavy atom. The number of nitrogens with zero attached hydrogens (tertiary/aromatic N) is 1. The van der Waals surface area contributed by atoms with E-state index in [1.807, 2.05) is 0 Å². The molecule has 0 aromatic heterocycles. The van der Waals surface area contributed by atoms with Crippen LogP contribution in [0.15, 0.2) is 18.2 Å². The molecule has 5 nitrogen and oxygen atoms in total. The van der Waals surface area contributed by atoms with E-state index in [4.69, 9.17) is 11.3 Å². The highest BCUT2D eigenvalue weighted by Gasteiger charge is 2.12. The molecule has 0 fully saturated rings. The van der Waals surface area contributed by atoms with Gasteiger partial charge >= 0.3 is 5.97 Å². The third-order valence-corrected chi connectivity index (χ3v) is 2.41. The number of methoxy groups -OCH3 is 2. The van der Waals surface area contributed by atoms with Crippen LogP contribution in [0.5, 0.6) is 5.75 Å². The molecule has 0 atom stereocenters. The van der Waals surface area contributed by atoms with E-state index in [9.17, 15) is 9.59 Å². The summed E-state index contributed by atoms with van der Waals surface area (Å²) in [6, 6.07) is 4.58. The maximum absolute atomic E-state index is 11.8. The molecule has 0 aliphatic carbocycles. The number of carbonyl (C=O) groups is 2. The molecule has 0 unspecified atom stereocenters. The van der Waals surface area contributed by atoms with Gasteiger partial charge in [-0.15, -0.1) is 0 Å². The van der Waals surface area contributed by atoms with E-state index in [1.165, 1.54) is 26.4 Å². The summed E-state index contributed by atoms with van der Waals surface area (Å²) in [4.78, 5) is 26.0. The average Bonchev–Trinajstić information content (AvgIpc) is 2.43. The van der Waals surface area contributed by atoms with Gasteiger partial charge in [-0.05, 0) is 6.07 Å². The first kappa shape index (κ1) is 13.7. The van der Waals surface area contributed by atoms with Crippen LogP contribution in [-0.4, -0.2) is 26.0 Å². The number of ketones is 1. The first-order valence-electron chi connectivity index (χ1n) is 5.28. The average molecular weight is 246 g/mol. The maximum Gasteiger partial charge on any atom is 0.305 e. The van der Waals surface area contributed by atoms with Crippen LogP contribution in [0.2, 0.25) is 0 Å². The molecule has 0 amide bonds. The summed E-state index contributed by atoms with van der Waals surface area (Å²) < 4.78 is 9.48. The zero-order valence-corrected chi connectivity index (χ0v) is 10.2. The van der Waals surface area contributed by atoms with Gasteiger partial charge in [-0.1, -0.05) is 12.1 Å². The number of hydrogen-bond acceptors (Lipinski definition) is 4. The molecule has 0 saturated carbocycles. The molecule has 1 aromatic rings. The van der Waals surface area contributed by atoms with Gasteiger partial charge in [0.1, 0.15) is 5.75 Å². The fourth-order valence-electron chi connectivity index (χ4n) is 1.41. The van der Waals surface area contributed by atoms with Gasteiger partial charge < -0.3 is 9.47 Å². The van der Waals surface area contributed by atoms with E-state index >= 15 is 0 Å². The number of esters is 1. The third-order valence-electron chi connectivity index (χ3n) is 2.41. The lowest BCUT2D eigenvalue weighted by molar-refractivity contribution is -0.140. The van der Waals surface area contributed by atoms with E-state index in [0.29, 0.717) is 17.0 Å². The maximum atomic E-state index is 11.8. The van der Waals surface area contributed by atoms with E-state index in [0.717, 1.165) is 0 Å². The van der Waals surface area contributed by atoms with Crippen molar-refractivity contribution in [3.8, 4) is 5.75 Å². The van der Waals surface area contributed by atoms with Crippen molar-refractivity contribution in [1.82, 2.24) is 0 Å². The Bertz CT molecular complexity index is 502. The second kappa shape index (κ2) is 6.40. The zero-order chi connectivity index (χ0) is 13.5.